The van der Waals surface area contributed by atoms with Crippen LogP contribution in [0.3, 0.4) is 0 Å². The van der Waals surface area contributed by atoms with Gasteiger partial charge in [0.05, 0.1) is 6.26 Å². The van der Waals surface area contributed by atoms with Gasteiger partial charge in [-0.15, -0.1) is 0 Å². The Balaban J connectivity index is 0.000000354. The monoisotopic (exact) mass is 170 g/mol. The molecule has 0 unspecified atom stereocenters. The van der Waals surface area contributed by atoms with Crippen molar-refractivity contribution in [3.05, 3.63) is 23.2 Å². The number of rotatable bonds is 1. The van der Waals surface area contributed by atoms with Crippen LogP contribution < -0.4 is 0 Å². The zero-order valence-electron chi connectivity index (χ0n) is 7.63. The summed E-state index contributed by atoms with van der Waals surface area (Å²) in [6, 6.07) is 0. The third-order valence-corrected chi connectivity index (χ3v) is 1.77. The van der Waals surface area contributed by atoms with E-state index in [1.807, 2.05) is 13.2 Å². The van der Waals surface area contributed by atoms with Crippen molar-refractivity contribution in [3.8, 4) is 0 Å². The highest BCUT2D eigenvalue weighted by Crippen LogP contribution is 2.14. The van der Waals surface area contributed by atoms with E-state index < -0.39 is 0 Å². The van der Waals surface area contributed by atoms with Crippen LogP contribution in [0, 0.1) is 13.8 Å². The van der Waals surface area contributed by atoms with Gasteiger partial charge >= 0.3 is 0 Å². The molecule has 0 saturated carbocycles. The lowest BCUT2D eigenvalue weighted by atomic mass is 10.1. The fourth-order valence-electron chi connectivity index (χ4n) is 0.911. The van der Waals surface area contributed by atoms with Crippen molar-refractivity contribution in [1.82, 2.24) is 0 Å². The highest BCUT2D eigenvalue weighted by molar-refractivity contribution is 5.32. The summed E-state index contributed by atoms with van der Waals surface area (Å²) < 4.78 is 5.19. The molecule has 0 atom stereocenters. The summed E-state index contributed by atoms with van der Waals surface area (Å²) >= 11 is 0. The van der Waals surface area contributed by atoms with Crippen LogP contribution in [-0.4, -0.2) is 11.6 Å². The summed E-state index contributed by atoms with van der Waals surface area (Å²) in [5.41, 5.74) is 2.63. The first-order chi connectivity index (χ1) is 5.67. The van der Waals surface area contributed by atoms with Crippen LogP contribution in [0.2, 0.25) is 0 Å². The Morgan fingerprint density at radius 2 is 2.08 bits per heavy atom. The molecule has 0 aliphatic heterocycles. The van der Waals surface area contributed by atoms with Crippen LogP contribution in [0.4, 0.5) is 0 Å². The number of furan rings is 1. The summed E-state index contributed by atoms with van der Waals surface area (Å²) in [6.07, 6.45) is 2.91. The first-order valence-electron chi connectivity index (χ1n) is 3.78. The van der Waals surface area contributed by atoms with E-state index in [0.717, 1.165) is 12.2 Å². The van der Waals surface area contributed by atoms with Gasteiger partial charge < -0.3 is 9.52 Å². The normalized spacial score (nSPS) is 8.58. The van der Waals surface area contributed by atoms with E-state index in [2.05, 4.69) is 13.8 Å². The maximum Gasteiger partial charge on any atom is 0.290 e. The topological polar surface area (TPSA) is 50.4 Å². The van der Waals surface area contributed by atoms with Crippen molar-refractivity contribution in [3.63, 3.8) is 0 Å². The van der Waals surface area contributed by atoms with Crippen LogP contribution in [0.15, 0.2) is 10.7 Å². The first-order valence-corrected chi connectivity index (χ1v) is 3.78. The minimum atomic E-state index is -0.250. The predicted molar refractivity (Wildman–Crippen MR) is 46.3 cm³/mol. The molecule has 3 heteroatoms. The molecule has 12 heavy (non-hydrogen) atoms. The molecule has 0 saturated heterocycles. The van der Waals surface area contributed by atoms with Gasteiger partial charge in [0.1, 0.15) is 5.76 Å². The molecule has 0 aromatic carbocycles. The second-order valence-corrected chi connectivity index (χ2v) is 2.40. The largest absolute Gasteiger partial charge is 0.483 e. The minimum absolute atomic E-state index is 0.250. The Labute approximate surface area is 72.0 Å². The quantitative estimate of drug-likeness (QED) is 0.657. The van der Waals surface area contributed by atoms with Gasteiger partial charge in [0.2, 0.25) is 0 Å². The molecular formula is C9H14O3. The van der Waals surface area contributed by atoms with Gasteiger partial charge in [-0.2, -0.15) is 0 Å². The summed E-state index contributed by atoms with van der Waals surface area (Å²) in [7, 11) is 0. The average molecular weight is 170 g/mol. The maximum absolute atomic E-state index is 8.36. The Kier molecular flexibility index (Phi) is 4.84. The highest BCUT2D eigenvalue weighted by Gasteiger charge is 2.01. The van der Waals surface area contributed by atoms with Gasteiger partial charge in [-0.1, -0.05) is 6.92 Å². The molecule has 0 spiro atoms. The number of hydrogen-bond donors (Lipinski definition) is 1. The minimum Gasteiger partial charge on any atom is -0.483 e. The highest BCUT2D eigenvalue weighted by atomic mass is 16.3. The van der Waals surface area contributed by atoms with Crippen molar-refractivity contribution in [2.75, 3.05) is 0 Å². The zero-order chi connectivity index (χ0) is 9.56. The van der Waals surface area contributed by atoms with Gasteiger partial charge in [0.15, 0.2) is 0 Å². The zero-order valence-corrected chi connectivity index (χ0v) is 7.63. The van der Waals surface area contributed by atoms with E-state index in [4.69, 9.17) is 14.3 Å². The Morgan fingerprint density at radius 1 is 1.58 bits per heavy atom. The lowest BCUT2D eigenvalue weighted by Crippen LogP contribution is -1.78. The van der Waals surface area contributed by atoms with Crippen LogP contribution >= 0.6 is 0 Å². The summed E-state index contributed by atoms with van der Waals surface area (Å²) in [5.74, 6) is 1.05. The Hall–Kier alpha value is -1.25. The fourth-order valence-corrected chi connectivity index (χ4v) is 0.911. The summed E-state index contributed by atoms with van der Waals surface area (Å²) in [5, 5.41) is 6.89. The molecule has 0 aliphatic rings. The smallest absolute Gasteiger partial charge is 0.290 e. The third kappa shape index (κ3) is 2.78. The molecule has 0 radical (unpaired) electrons. The standard InChI is InChI=1S/C8H12O.CH2O2/c1-4-8-5-9-7(3)6(8)2;2-1-3/h5H,4H2,1-3H3;1H,(H,2,3). The molecule has 0 amide bonds. The summed E-state index contributed by atoms with van der Waals surface area (Å²) in [4.78, 5) is 8.36. The van der Waals surface area contributed by atoms with Crippen LogP contribution in [-0.2, 0) is 11.2 Å². The molecule has 68 valence electrons. The molecule has 3 nitrogen and oxygen atoms in total. The van der Waals surface area contributed by atoms with Gasteiger partial charge in [-0.25, -0.2) is 0 Å². The van der Waals surface area contributed by atoms with Gasteiger partial charge in [0, 0.05) is 0 Å². The van der Waals surface area contributed by atoms with E-state index in [-0.39, 0.29) is 6.47 Å². The van der Waals surface area contributed by atoms with Gasteiger partial charge in [-0.3, -0.25) is 4.79 Å². The second-order valence-electron chi connectivity index (χ2n) is 2.40. The number of carbonyl (C=O) groups is 1. The molecule has 0 bridgehead atoms. The molecular weight excluding hydrogens is 156 g/mol. The van der Waals surface area contributed by atoms with Crippen molar-refractivity contribution in [2.45, 2.75) is 27.2 Å². The number of carboxylic acid groups (broad SMARTS) is 1. The molecule has 1 N–H and O–H groups in total. The molecule has 0 aliphatic carbocycles. The lowest BCUT2D eigenvalue weighted by molar-refractivity contribution is -0.122. The number of hydrogen-bond acceptors (Lipinski definition) is 2. The van der Waals surface area contributed by atoms with Crippen LogP contribution in [0.5, 0.6) is 0 Å². The number of aryl methyl sites for hydroxylation is 2. The molecule has 1 rings (SSSR count). The van der Waals surface area contributed by atoms with E-state index >= 15 is 0 Å². The fraction of sp³-hybridized carbons (Fsp3) is 0.444. The van der Waals surface area contributed by atoms with E-state index in [1.165, 1.54) is 11.1 Å². The molecule has 1 heterocycles. The average Bonchev–Trinajstić information content (AvgIpc) is 2.35. The second kappa shape index (κ2) is 5.41. The Morgan fingerprint density at radius 3 is 2.25 bits per heavy atom. The van der Waals surface area contributed by atoms with Crippen molar-refractivity contribution in [1.29, 1.82) is 0 Å². The molecule has 1 aromatic rings. The van der Waals surface area contributed by atoms with Crippen LogP contribution in [0.1, 0.15) is 23.8 Å². The predicted octanol–water partition coefficient (Wildman–Crippen LogP) is 2.16. The maximum atomic E-state index is 8.36. The van der Waals surface area contributed by atoms with Crippen molar-refractivity contribution >= 4 is 6.47 Å². The summed E-state index contributed by atoms with van der Waals surface area (Å²) in [6.45, 7) is 5.98. The van der Waals surface area contributed by atoms with E-state index in [1.54, 1.807) is 0 Å². The van der Waals surface area contributed by atoms with Crippen molar-refractivity contribution in [2.24, 2.45) is 0 Å². The SMILES string of the molecule is CCc1coc(C)c1C.O=CO. The Bertz CT molecular complexity index is 238. The van der Waals surface area contributed by atoms with Gasteiger partial charge in [-0.05, 0) is 31.4 Å². The van der Waals surface area contributed by atoms with E-state index in [0.29, 0.717) is 0 Å². The third-order valence-electron chi connectivity index (χ3n) is 1.77. The van der Waals surface area contributed by atoms with Gasteiger partial charge in [0.25, 0.3) is 6.47 Å². The molecule has 1 aromatic heterocycles. The first kappa shape index (κ1) is 10.8. The van der Waals surface area contributed by atoms with Crippen molar-refractivity contribution < 1.29 is 14.3 Å². The van der Waals surface area contributed by atoms with E-state index in [9.17, 15) is 0 Å². The molecule has 0 fully saturated rings. The van der Waals surface area contributed by atoms with Crippen LogP contribution in [0.25, 0.3) is 0 Å². The lowest BCUT2D eigenvalue weighted by Gasteiger charge is -1.88.